The fraction of sp³-hybridized carbons (Fsp3) is 0.571. The smallest absolute Gasteiger partial charge is 0.411 e. The summed E-state index contributed by atoms with van der Waals surface area (Å²) in [6, 6.07) is 5.33. The van der Waals surface area contributed by atoms with E-state index in [2.05, 4.69) is 16.5 Å². The third-order valence-corrected chi connectivity index (χ3v) is 5.94. The molecule has 1 aliphatic rings. The molecule has 1 fully saturated rings. The van der Waals surface area contributed by atoms with Gasteiger partial charge in [0.15, 0.2) is 5.69 Å². The molecule has 0 spiro atoms. The second kappa shape index (κ2) is 11.8. The number of hydroxylamine groups is 2. The van der Waals surface area contributed by atoms with Gasteiger partial charge in [0.2, 0.25) is 5.88 Å². The first-order valence-electron chi connectivity index (χ1n) is 13.1. The topological polar surface area (TPSA) is 94.1 Å². The Kier molecular flexibility index (Phi) is 9.15. The fourth-order valence-electron chi connectivity index (χ4n) is 4.34. The Hall–Kier alpha value is -3.34. The summed E-state index contributed by atoms with van der Waals surface area (Å²) < 4.78 is 41.7. The van der Waals surface area contributed by atoms with Gasteiger partial charge >= 0.3 is 12.1 Å². The normalized spacial score (nSPS) is 18.2. The minimum atomic E-state index is -3.40. The minimum Gasteiger partial charge on any atom is -0.471 e. The predicted octanol–water partition coefficient (Wildman–Crippen LogP) is 5.63. The number of hydrogen-bond donors (Lipinski definition) is 0. The molecule has 0 saturated carbocycles. The molecule has 11 heteroatoms. The zero-order chi connectivity index (χ0) is 29.1. The summed E-state index contributed by atoms with van der Waals surface area (Å²) in [4.78, 5) is 41.7. The lowest BCUT2D eigenvalue weighted by Gasteiger charge is -2.31. The van der Waals surface area contributed by atoms with Gasteiger partial charge in [-0.1, -0.05) is 18.2 Å². The molecule has 0 radical (unpaired) electrons. The van der Waals surface area contributed by atoms with Gasteiger partial charge in [-0.2, -0.15) is 8.78 Å². The number of halogens is 2. The van der Waals surface area contributed by atoms with E-state index in [1.165, 1.54) is 9.96 Å². The molecule has 0 N–H and O–H groups in total. The van der Waals surface area contributed by atoms with E-state index in [1.807, 2.05) is 27.7 Å². The van der Waals surface area contributed by atoms with Crippen LogP contribution in [0.4, 0.5) is 13.6 Å². The van der Waals surface area contributed by atoms with Gasteiger partial charge in [0.1, 0.15) is 17.7 Å². The van der Waals surface area contributed by atoms with Gasteiger partial charge in [-0.25, -0.2) is 19.6 Å². The first kappa shape index (κ1) is 30.2. The first-order valence-corrected chi connectivity index (χ1v) is 13.1. The second-order valence-electron chi connectivity index (χ2n) is 11.1. The van der Waals surface area contributed by atoms with Crippen molar-refractivity contribution in [2.75, 3.05) is 6.54 Å². The number of hydrogen-bond acceptors (Lipinski definition) is 8. The number of nitrogens with zero attached hydrogens (tertiary/aromatic N) is 4. The molecule has 2 atom stereocenters. The summed E-state index contributed by atoms with van der Waals surface area (Å²) >= 11 is 0. The van der Waals surface area contributed by atoms with Crippen molar-refractivity contribution in [2.24, 2.45) is 0 Å². The van der Waals surface area contributed by atoms with Crippen LogP contribution in [0.1, 0.15) is 67.0 Å². The molecule has 0 unspecified atom stereocenters. The highest BCUT2D eigenvalue weighted by molar-refractivity contribution is 5.82. The molecule has 2 aromatic rings. The Labute approximate surface area is 228 Å². The van der Waals surface area contributed by atoms with Crippen LogP contribution < -0.4 is 4.74 Å². The molecule has 39 heavy (non-hydrogen) atoms. The largest absolute Gasteiger partial charge is 0.471 e. The Balaban J connectivity index is 1.95. The summed E-state index contributed by atoms with van der Waals surface area (Å²) in [7, 11) is 0. The van der Waals surface area contributed by atoms with Crippen LogP contribution in [0.3, 0.4) is 0 Å². The number of rotatable bonds is 9. The van der Waals surface area contributed by atoms with Crippen molar-refractivity contribution in [3.63, 3.8) is 0 Å². The number of benzene rings is 1. The fourth-order valence-corrected chi connectivity index (χ4v) is 4.34. The number of carbonyl (C=O) groups is 2. The van der Waals surface area contributed by atoms with Crippen molar-refractivity contribution in [3.05, 3.63) is 42.6 Å². The van der Waals surface area contributed by atoms with E-state index in [0.717, 1.165) is 6.08 Å². The van der Waals surface area contributed by atoms with E-state index in [4.69, 9.17) is 14.3 Å². The molecule has 1 aromatic heterocycles. The van der Waals surface area contributed by atoms with Gasteiger partial charge in [-0.15, -0.1) is 11.6 Å². The van der Waals surface area contributed by atoms with Gasteiger partial charge in [0.25, 0.3) is 5.92 Å². The molecule has 2 heterocycles. The minimum absolute atomic E-state index is 0.0108. The standard InChI is InChI=1S/C28H38F2N4O5/c1-9-14-28(29,30)23-24(32-21-13-11-10-12-20(21)31-23)37-19-15-22(25(35)39-34(17(2)3)18(4)5)33(16-19)26(36)38-27(6,7)8/h9-13,17-19,22H,1,14-16H2,2-8H3/t19-,22+/m1/s1. The third-order valence-electron chi connectivity index (χ3n) is 5.94. The number of para-hydroxylation sites is 2. The van der Waals surface area contributed by atoms with Crippen molar-refractivity contribution in [1.82, 2.24) is 19.9 Å². The van der Waals surface area contributed by atoms with Gasteiger partial charge in [0.05, 0.1) is 17.6 Å². The first-order chi connectivity index (χ1) is 18.1. The van der Waals surface area contributed by atoms with Crippen LogP contribution in [0, 0.1) is 0 Å². The average Bonchev–Trinajstić information content (AvgIpc) is 3.24. The summed E-state index contributed by atoms with van der Waals surface area (Å²) in [5, 5.41) is 1.53. The van der Waals surface area contributed by atoms with E-state index in [9.17, 15) is 9.59 Å². The molecule has 1 saturated heterocycles. The number of allylic oxidation sites excluding steroid dienone is 1. The predicted molar refractivity (Wildman–Crippen MR) is 142 cm³/mol. The summed E-state index contributed by atoms with van der Waals surface area (Å²) in [5.74, 6) is -4.43. The number of fused-ring (bicyclic) bond motifs is 1. The molecule has 3 rings (SSSR count). The number of ether oxygens (including phenoxy) is 2. The SMILES string of the molecule is C=CCC(F)(F)c1nc2ccccc2nc1O[C@@H]1C[C@@H](C(=O)ON(C(C)C)C(C)C)N(C(=O)OC(C)(C)C)C1. The van der Waals surface area contributed by atoms with Crippen LogP contribution in [0.2, 0.25) is 0 Å². The lowest BCUT2D eigenvalue weighted by molar-refractivity contribution is -0.213. The second-order valence-corrected chi connectivity index (χ2v) is 11.1. The Morgan fingerprint density at radius 3 is 2.26 bits per heavy atom. The molecule has 1 aliphatic heterocycles. The summed E-state index contributed by atoms with van der Waals surface area (Å²) in [5.41, 5.74) is -0.806. The number of carbonyl (C=O) groups excluding carboxylic acids is 2. The lowest BCUT2D eigenvalue weighted by Crippen LogP contribution is -2.47. The van der Waals surface area contributed by atoms with Crippen LogP contribution in [0.5, 0.6) is 5.88 Å². The van der Waals surface area contributed by atoms with E-state index in [1.54, 1.807) is 45.0 Å². The highest BCUT2D eigenvalue weighted by Crippen LogP contribution is 2.38. The van der Waals surface area contributed by atoms with Crippen molar-refractivity contribution < 1.29 is 32.7 Å². The van der Waals surface area contributed by atoms with Gasteiger partial charge < -0.3 is 14.3 Å². The van der Waals surface area contributed by atoms with Crippen molar-refractivity contribution in [2.45, 2.75) is 97.1 Å². The highest BCUT2D eigenvalue weighted by Gasteiger charge is 2.46. The third kappa shape index (κ3) is 7.40. The molecule has 9 nitrogen and oxygen atoms in total. The average molecular weight is 549 g/mol. The van der Waals surface area contributed by atoms with Crippen LogP contribution in [-0.2, 0) is 20.3 Å². The Morgan fingerprint density at radius 2 is 1.72 bits per heavy atom. The van der Waals surface area contributed by atoms with Gasteiger partial charge in [-0.3, -0.25) is 4.90 Å². The molecule has 0 aliphatic carbocycles. The number of amides is 1. The van der Waals surface area contributed by atoms with Crippen molar-refractivity contribution in [1.29, 1.82) is 0 Å². The molecule has 1 aromatic carbocycles. The van der Waals surface area contributed by atoms with E-state index >= 15 is 8.78 Å². The van der Waals surface area contributed by atoms with E-state index in [0.29, 0.717) is 5.52 Å². The van der Waals surface area contributed by atoms with Crippen molar-refractivity contribution >= 4 is 23.1 Å². The summed E-state index contributed by atoms with van der Waals surface area (Å²) in [6.07, 6.45) is -1.17. The maximum atomic E-state index is 15.1. The maximum Gasteiger partial charge on any atom is 0.411 e. The Morgan fingerprint density at radius 1 is 1.13 bits per heavy atom. The van der Waals surface area contributed by atoms with Gasteiger partial charge in [-0.05, 0) is 60.6 Å². The monoisotopic (exact) mass is 548 g/mol. The van der Waals surface area contributed by atoms with E-state index in [-0.39, 0.29) is 36.4 Å². The van der Waals surface area contributed by atoms with E-state index < -0.39 is 47.8 Å². The zero-order valence-corrected chi connectivity index (χ0v) is 23.6. The van der Waals surface area contributed by atoms with Gasteiger partial charge in [0, 0.05) is 24.9 Å². The lowest BCUT2D eigenvalue weighted by atomic mass is 10.1. The molecule has 1 amide bonds. The van der Waals surface area contributed by atoms with Crippen LogP contribution in [0.25, 0.3) is 11.0 Å². The van der Waals surface area contributed by atoms with Crippen LogP contribution in [-0.4, -0.2) is 68.4 Å². The Bertz CT molecular complexity index is 1190. The summed E-state index contributed by atoms with van der Waals surface area (Å²) in [6.45, 7) is 16.0. The number of likely N-dealkylation sites (tertiary alicyclic amines) is 1. The number of alkyl halides is 2. The molecular weight excluding hydrogens is 510 g/mol. The quantitative estimate of drug-likeness (QED) is 0.294. The molecule has 0 bridgehead atoms. The van der Waals surface area contributed by atoms with Crippen LogP contribution in [0.15, 0.2) is 36.9 Å². The van der Waals surface area contributed by atoms with Crippen molar-refractivity contribution in [3.8, 4) is 5.88 Å². The molecule has 214 valence electrons. The molecular formula is C28H38F2N4O5. The zero-order valence-electron chi connectivity index (χ0n) is 23.6. The maximum absolute atomic E-state index is 15.1. The number of aromatic nitrogens is 2. The van der Waals surface area contributed by atoms with Crippen LogP contribution >= 0.6 is 0 Å². The highest BCUT2D eigenvalue weighted by atomic mass is 19.3.